The Labute approximate surface area is 154 Å². The Balaban J connectivity index is 2.24. The molecule has 0 aliphatic heterocycles. The minimum atomic E-state index is 0.144. The molecule has 0 radical (unpaired) electrons. The fourth-order valence-electron chi connectivity index (χ4n) is 2.37. The topological polar surface area (TPSA) is 62.7 Å². The molecule has 0 unspecified atom stereocenters. The molecule has 0 aliphatic rings. The van der Waals surface area contributed by atoms with Crippen LogP contribution in [-0.4, -0.2) is 4.98 Å². The second-order valence-corrected chi connectivity index (χ2v) is 6.34. The number of pyridine rings is 1. The summed E-state index contributed by atoms with van der Waals surface area (Å²) in [5.41, 5.74) is 9.00. The number of nitriles is 1. The summed E-state index contributed by atoms with van der Waals surface area (Å²) in [6, 6.07) is 16.2. The fraction of sp³-hybridized carbons (Fsp3) is 0. The smallest absolute Gasteiger partial charge is 0.142 e. The van der Waals surface area contributed by atoms with Gasteiger partial charge in [0.2, 0.25) is 0 Å². The van der Waals surface area contributed by atoms with Crippen molar-refractivity contribution in [2.24, 2.45) is 0 Å². The van der Waals surface area contributed by atoms with Gasteiger partial charge in [-0.1, -0.05) is 53.0 Å². The molecule has 0 spiro atoms. The standard InChI is InChI=1S/C18H10Cl3N3/c19-11-3-1-10(2-4-11)17-8-14(15(9-22)18(23)24-17)13-6-5-12(20)7-16(13)21/h1-8H,(H2,23,24). The van der Waals surface area contributed by atoms with Crippen molar-refractivity contribution in [2.75, 3.05) is 5.73 Å². The van der Waals surface area contributed by atoms with E-state index in [9.17, 15) is 5.26 Å². The van der Waals surface area contributed by atoms with Crippen LogP contribution in [-0.2, 0) is 0 Å². The maximum atomic E-state index is 9.45. The van der Waals surface area contributed by atoms with E-state index in [1.54, 1.807) is 36.4 Å². The first-order valence-electron chi connectivity index (χ1n) is 6.91. The van der Waals surface area contributed by atoms with Crippen molar-refractivity contribution in [3.63, 3.8) is 0 Å². The predicted molar refractivity (Wildman–Crippen MR) is 99.3 cm³/mol. The van der Waals surface area contributed by atoms with Gasteiger partial charge in [0.1, 0.15) is 17.5 Å². The van der Waals surface area contributed by atoms with E-state index in [0.29, 0.717) is 31.9 Å². The molecule has 0 atom stereocenters. The average Bonchev–Trinajstić information content (AvgIpc) is 2.55. The molecule has 0 aliphatic carbocycles. The third-order valence-corrected chi connectivity index (χ3v) is 4.32. The van der Waals surface area contributed by atoms with Gasteiger partial charge in [-0.25, -0.2) is 4.98 Å². The van der Waals surface area contributed by atoms with E-state index < -0.39 is 0 Å². The Kier molecular flexibility index (Phi) is 4.64. The number of hydrogen-bond donors (Lipinski definition) is 1. The van der Waals surface area contributed by atoms with Gasteiger partial charge in [0.25, 0.3) is 0 Å². The second kappa shape index (κ2) is 6.70. The lowest BCUT2D eigenvalue weighted by molar-refractivity contribution is 1.31. The Morgan fingerprint density at radius 1 is 0.875 bits per heavy atom. The van der Waals surface area contributed by atoms with Gasteiger partial charge < -0.3 is 5.73 Å². The summed E-state index contributed by atoms with van der Waals surface area (Å²) in [4.78, 5) is 4.32. The van der Waals surface area contributed by atoms with E-state index in [1.807, 2.05) is 12.1 Å². The molecule has 1 heterocycles. The van der Waals surface area contributed by atoms with E-state index in [2.05, 4.69) is 11.1 Å². The second-order valence-electron chi connectivity index (χ2n) is 5.06. The van der Waals surface area contributed by atoms with Crippen molar-refractivity contribution in [3.05, 3.63) is 69.2 Å². The van der Waals surface area contributed by atoms with Crippen molar-refractivity contribution in [1.29, 1.82) is 5.26 Å². The third kappa shape index (κ3) is 3.18. The summed E-state index contributed by atoms with van der Waals surface area (Å²) in [5, 5.41) is 11.0. The molecule has 3 nitrogen and oxygen atoms in total. The van der Waals surface area contributed by atoms with Crippen molar-refractivity contribution >= 4 is 40.6 Å². The van der Waals surface area contributed by atoms with Crippen LogP contribution in [0.2, 0.25) is 15.1 Å². The van der Waals surface area contributed by atoms with E-state index in [4.69, 9.17) is 40.5 Å². The lowest BCUT2D eigenvalue weighted by Gasteiger charge is -2.12. The molecule has 2 aromatic carbocycles. The highest BCUT2D eigenvalue weighted by Gasteiger charge is 2.15. The number of rotatable bonds is 2. The summed E-state index contributed by atoms with van der Waals surface area (Å²) in [6.45, 7) is 0. The van der Waals surface area contributed by atoms with E-state index in [-0.39, 0.29) is 11.4 Å². The zero-order chi connectivity index (χ0) is 17.3. The summed E-state index contributed by atoms with van der Waals surface area (Å²) in [6.07, 6.45) is 0. The van der Waals surface area contributed by atoms with Crippen LogP contribution in [0.5, 0.6) is 0 Å². The Morgan fingerprint density at radius 3 is 2.17 bits per heavy atom. The number of hydrogen-bond acceptors (Lipinski definition) is 3. The Hall–Kier alpha value is -2.25. The average molecular weight is 375 g/mol. The predicted octanol–water partition coefficient (Wildman–Crippen LogP) is 5.83. The summed E-state index contributed by atoms with van der Waals surface area (Å²) < 4.78 is 0. The Bertz CT molecular complexity index is 960. The van der Waals surface area contributed by atoms with Crippen LogP contribution in [0, 0.1) is 11.3 Å². The zero-order valence-corrected chi connectivity index (χ0v) is 14.5. The number of aromatic nitrogens is 1. The summed E-state index contributed by atoms with van der Waals surface area (Å²) in [5.74, 6) is 0.144. The lowest BCUT2D eigenvalue weighted by atomic mass is 9.98. The van der Waals surface area contributed by atoms with E-state index in [1.165, 1.54) is 0 Å². The maximum absolute atomic E-state index is 9.45. The quantitative estimate of drug-likeness (QED) is 0.614. The van der Waals surface area contributed by atoms with E-state index >= 15 is 0 Å². The van der Waals surface area contributed by atoms with Gasteiger partial charge in [-0.15, -0.1) is 0 Å². The zero-order valence-electron chi connectivity index (χ0n) is 12.2. The lowest BCUT2D eigenvalue weighted by Crippen LogP contribution is -2.00. The van der Waals surface area contributed by atoms with Gasteiger partial charge >= 0.3 is 0 Å². The minimum absolute atomic E-state index is 0.144. The van der Waals surface area contributed by atoms with Crippen LogP contribution in [0.25, 0.3) is 22.4 Å². The largest absolute Gasteiger partial charge is 0.383 e. The van der Waals surface area contributed by atoms with Crippen LogP contribution >= 0.6 is 34.8 Å². The normalized spacial score (nSPS) is 10.4. The van der Waals surface area contributed by atoms with E-state index in [0.717, 1.165) is 5.56 Å². The molecule has 0 saturated heterocycles. The van der Waals surface area contributed by atoms with Gasteiger partial charge in [0.15, 0.2) is 0 Å². The van der Waals surface area contributed by atoms with Crippen LogP contribution in [0.3, 0.4) is 0 Å². The van der Waals surface area contributed by atoms with Crippen molar-refractivity contribution < 1.29 is 0 Å². The van der Waals surface area contributed by atoms with Gasteiger partial charge in [0, 0.05) is 31.8 Å². The minimum Gasteiger partial charge on any atom is -0.383 e. The van der Waals surface area contributed by atoms with Gasteiger partial charge in [-0.3, -0.25) is 0 Å². The molecule has 0 saturated carbocycles. The number of nitrogen functional groups attached to an aromatic ring is 1. The number of halogens is 3. The number of anilines is 1. The molecule has 2 N–H and O–H groups in total. The number of benzene rings is 2. The van der Waals surface area contributed by atoms with Crippen molar-refractivity contribution in [1.82, 2.24) is 4.98 Å². The Morgan fingerprint density at radius 2 is 1.54 bits per heavy atom. The molecule has 1 aromatic heterocycles. The monoisotopic (exact) mass is 373 g/mol. The third-order valence-electron chi connectivity index (χ3n) is 3.52. The molecule has 118 valence electrons. The molecule has 0 amide bonds. The SMILES string of the molecule is N#Cc1c(-c2ccc(Cl)cc2Cl)cc(-c2ccc(Cl)cc2)nc1N. The molecule has 3 aromatic rings. The van der Waals surface area contributed by atoms with Gasteiger partial charge in [-0.2, -0.15) is 5.26 Å². The van der Waals surface area contributed by atoms with Crippen LogP contribution < -0.4 is 5.73 Å². The molecule has 3 rings (SSSR count). The molecule has 24 heavy (non-hydrogen) atoms. The first-order chi connectivity index (χ1) is 11.5. The van der Waals surface area contributed by atoms with Crippen LogP contribution in [0.1, 0.15) is 5.56 Å². The number of nitrogens with zero attached hydrogens (tertiary/aromatic N) is 2. The van der Waals surface area contributed by atoms with Gasteiger partial charge in [0.05, 0.1) is 5.69 Å². The fourth-order valence-corrected chi connectivity index (χ4v) is 3.01. The molecular weight excluding hydrogens is 365 g/mol. The van der Waals surface area contributed by atoms with Crippen molar-refractivity contribution in [3.8, 4) is 28.5 Å². The first-order valence-corrected chi connectivity index (χ1v) is 8.05. The molecule has 6 heteroatoms. The number of nitrogens with two attached hydrogens (primary N) is 1. The highest BCUT2D eigenvalue weighted by atomic mass is 35.5. The molecular formula is C18H10Cl3N3. The van der Waals surface area contributed by atoms with Crippen LogP contribution in [0.4, 0.5) is 5.82 Å². The van der Waals surface area contributed by atoms with Crippen molar-refractivity contribution in [2.45, 2.75) is 0 Å². The highest BCUT2D eigenvalue weighted by Crippen LogP contribution is 2.36. The molecule has 0 fully saturated rings. The highest BCUT2D eigenvalue weighted by molar-refractivity contribution is 6.36. The summed E-state index contributed by atoms with van der Waals surface area (Å²) in [7, 11) is 0. The molecule has 0 bridgehead atoms. The van der Waals surface area contributed by atoms with Gasteiger partial charge in [-0.05, 0) is 30.3 Å². The maximum Gasteiger partial charge on any atom is 0.142 e. The first kappa shape index (κ1) is 16.6. The van der Waals surface area contributed by atoms with Crippen LogP contribution in [0.15, 0.2) is 48.5 Å². The summed E-state index contributed by atoms with van der Waals surface area (Å²) >= 11 is 18.2.